The molecule has 0 unspecified atom stereocenters. The Morgan fingerprint density at radius 2 is 2.06 bits per heavy atom. The maximum absolute atomic E-state index is 13.5. The summed E-state index contributed by atoms with van der Waals surface area (Å²) >= 11 is 1.30. The first-order valence-electron chi connectivity index (χ1n) is 4.83. The maximum Gasteiger partial charge on any atom is 0.188 e. The largest absolute Gasteiger partial charge is 0.292 e. The van der Waals surface area contributed by atoms with Gasteiger partial charge in [-0.25, -0.2) is 9.37 Å². The highest BCUT2D eigenvalue weighted by Gasteiger charge is 2.14. The fourth-order valence-corrected chi connectivity index (χ4v) is 2.27. The van der Waals surface area contributed by atoms with E-state index in [1.54, 1.807) is 18.2 Å². The van der Waals surface area contributed by atoms with E-state index in [-0.39, 0.29) is 11.6 Å². The van der Waals surface area contributed by atoms with E-state index in [0.29, 0.717) is 16.3 Å². The van der Waals surface area contributed by atoms with Gasteiger partial charge in [-0.3, -0.25) is 4.79 Å². The molecule has 0 amide bonds. The number of Topliss-reactive ketones (excluding diaryl/α,β-unsaturated/α-hetero) is 1. The predicted octanol–water partition coefficient (Wildman–Crippen LogP) is 3.46. The molecule has 82 valence electrons. The normalized spacial score (nSPS) is 10.4. The number of rotatable bonds is 2. The van der Waals surface area contributed by atoms with Crippen molar-refractivity contribution in [3.05, 3.63) is 40.0 Å². The Morgan fingerprint density at radius 3 is 2.62 bits per heavy atom. The van der Waals surface area contributed by atoms with Gasteiger partial charge in [0, 0.05) is 17.4 Å². The van der Waals surface area contributed by atoms with Crippen molar-refractivity contribution in [2.24, 2.45) is 0 Å². The number of benzene rings is 1. The molecule has 0 fully saturated rings. The lowest BCUT2D eigenvalue weighted by Crippen LogP contribution is -1.91. The lowest BCUT2D eigenvalue weighted by molar-refractivity contribution is 0.101. The second-order valence-electron chi connectivity index (χ2n) is 3.46. The number of nitrogens with zero attached hydrogens (tertiary/aromatic N) is 1. The van der Waals surface area contributed by atoms with Crippen molar-refractivity contribution >= 4 is 17.1 Å². The maximum atomic E-state index is 13.5. The molecule has 2 nitrogen and oxygen atoms in total. The van der Waals surface area contributed by atoms with Gasteiger partial charge < -0.3 is 0 Å². The van der Waals surface area contributed by atoms with Crippen LogP contribution in [0.3, 0.4) is 0 Å². The number of hydrogen-bond donors (Lipinski definition) is 0. The molecule has 2 rings (SSSR count). The summed E-state index contributed by atoms with van der Waals surface area (Å²) in [7, 11) is 0. The van der Waals surface area contributed by atoms with Gasteiger partial charge in [-0.2, -0.15) is 0 Å². The van der Waals surface area contributed by atoms with Gasteiger partial charge in [-0.1, -0.05) is 12.1 Å². The molecule has 2 aromatic rings. The van der Waals surface area contributed by atoms with Crippen molar-refractivity contribution in [1.82, 2.24) is 4.98 Å². The number of carbonyl (C=O) groups is 1. The van der Waals surface area contributed by atoms with Crippen molar-refractivity contribution < 1.29 is 9.18 Å². The zero-order valence-electron chi connectivity index (χ0n) is 8.95. The lowest BCUT2D eigenvalue weighted by atomic mass is 10.1. The van der Waals surface area contributed by atoms with E-state index in [1.807, 2.05) is 6.92 Å². The summed E-state index contributed by atoms with van der Waals surface area (Å²) in [6.45, 7) is 3.30. The second-order valence-corrected chi connectivity index (χ2v) is 4.66. The summed E-state index contributed by atoms with van der Waals surface area (Å²) in [6.07, 6.45) is 0. The van der Waals surface area contributed by atoms with E-state index in [0.717, 1.165) is 4.88 Å². The molecular formula is C12H10FNOS. The number of ketones is 1. The summed E-state index contributed by atoms with van der Waals surface area (Å²) < 4.78 is 13.5. The number of halogens is 1. The first-order chi connectivity index (χ1) is 7.59. The number of carbonyl (C=O) groups excluding carboxylic acids is 1. The number of hydrogen-bond acceptors (Lipinski definition) is 3. The Labute approximate surface area is 96.8 Å². The van der Waals surface area contributed by atoms with Gasteiger partial charge in [0.25, 0.3) is 0 Å². The minimum Gasteiger partial charge on any atom is -0.292 e. The Balaban J connectivity index is 2.57. The lowest BCUT2D eigenvalue weighted by Gasteiger charge is -1.99. The van der Waals surface area contributed by atoms with Gasteiger partial charge in [-0.05, 0) is 19.1 Å². The molecule has 1 aromatic carbocycles. The molecule has 0 bridgehead atoms. The van der Waals surface area contributed by atoms with E-state index < -0.39 is 0 Å². The average molecular weight is 235 g/mol. The Morgan fingerprint density at radius 1 is 1.38 bits per heavy atom. The van der Waals surface area contributed by atoms with E-state index in [2.05, 4.69) is 4.98 Å². The van der Waals surface area contributed by atoms with Gasteiger partial charge in [-0.15, -0.1) is 11.3 Å². The fourth-order valence-electron chi connectivity index (χ4n) is 1.45. The van der Waals surface area contributed by atoms with Crippen LogP contribution < -0.4 is 0 Å². The monoisotopic (exact) mass is 235 g/mol. The molecule has 0 saturated carbocycles. The second kappa shape index (κ2) is 4.14. The Bertz CT molecular complexity index is 548. The standard InChI is InChI=1S/C12H10FNOS/c1-7(15)12-14-11(8(2)16-12)9-5-3-4-6-10(9)13/h3-6H,1-2H3. The number of aromatic nitrogens is 1. The van der Waals surface area contributed by atoms with Crippen LogP contribution >= 0.6 is 11.3 Å². The molecule has 0 N–H and O–H groups in total. The molecular weight excluding hydrogens is 225 g/mol. The van der Waals surface area contributed by atoms with Gasteiger partial charge >= 0.3 is 0 Å². The molecule has 0 aliphatic heterocycles. The SMILES string of the molecule is CC(=O)c1nc(-c2ccccc2F)c(C)s1. The third kappa shape index (κ3) is 1.88. The highest BCUT2D eigenvalue weighted by Crippen LogP contribution is 2.29. The molecule has 4 heteroatoms. The van der Waals surface area contributed by atoms with Crippen LogP contribution in [0.15, 0.2) is 24.3 Å². The van der Waals surface area contributed by atoms with E-state index >= 15 is 0 Å². The van der Waals surface area contributed by atoms with Crippen molar-refractivity contribution in [3.63, 3.8) is 0 Å². The Kier molecular flexibility index (Phi) is 2.83. The first kappa shape index (κ1) is 11.0. The van der Waals surface area contributed by atoms with Gasteiger partial charge in [0.05, 0.1) is 5.69 Å². The van der Waals surface area contributed by atoms with Crippen LogP contribution in [-0.4, -0.2) is 10.8 Å². The molecule has 0 spiro atoms. The van der Waals surface area contributed by atoms with Crippen molar-refractivity contribution in [2.75, 3.05) is 0 Å². The molecule has 0 atom stereocenters. The highest BCUT2D eigenvalue weighted by molar-refractivity contribution is 7.14. The molecule has 1 heterocycles. The minimum absolute atomic E-state index is 0.0873. The van der Waals surface area contributed by atoms with Gasteiger partial charge in [0.15, 0.2) is 10.8 Å². The number of aryl methyl sites for hydroxylation is 1. The van der Waals surface area contributed by atoms with Crippen LogP contribution in [0.5, 0.6) is 0 Å². The summed E-state index contributed by atoms with van der Waals surface area (Å²) in [5.41, 5.74) is 1.01. The molecule has 0 saturated heterocycles. The average Bonchev–Trinajstić information content (AvgIpc) is 2.61. The summed E-state index contributed by atoms with van der Waals surface area (Å²) in [5.74, 6) is -0.401. The molecule has 16 heavy (non-hydrogen) atoms. The van der Waals surface area contributed by atoms with Crippen LogP contribution in [0.2, 0.25) is 0 Å². The third-order valence-corrected chi connectivity index (χ3v) is 3.30. The third-order valence-electron chi connectivity index (χ3n) is 2.23. The van der Waals surface area contributed by atoms with Crippen LogP contribution in [0.1, 0.15) is 21.6 Å². The topological polar surface area (TPSA) is 30.0 Å². The van der Waals surface area contributed by atoms with Crippen molar-refractivity contribution in [1.29, 1.82) is 0 Å². The van der Waals surface area contributed by atoms with Crippen molar-refractivity contribution in [3.8, 4) is 11.3 Å². The van der Waals surface area contributed by atoms with E-state index in [4.69, 9.17) is 0 Å². The van der Waals surface area contributed by atoms with Crippen molar-refractivity contribution in [2.45, 2.75) is 13.8 Å². The molecule has 0 radical (unpaired) electrons. The smallest absolute Gasteiger partial charge is 0.188 e. The van der Waals surface area contributed by atoms with Crippen LogP contribution in [0.25, 0.3) is 11.3 Å². The first-order valence-corrected chi connectivity index (χ1v) is 5.64. The molecule has 0 aliphatic rings. The quantitative estimate of drug-likeness (QED) is 0.746. The Hall–Kier alpha value is -1.55. The fraction of sp³-hybridized carbons (Fsp3) is 0.167. The zero-order chi connectivity index (χ0) is 11.7. The molecule has 1 aromatic heterocycles. The number of thiazole rings is 1. The van der Waals surface area contributed by atoms with Crippen LogP contribution in [0.4, 0.5) is 4.39 Å². The van der Waals surface area contributed by atoms with Crippen LogP contribution in [-0.2, 0) is 0 Å². The highest BCUT2D eigenvalue weighted by atomic mass is 32.1. The van der Waals surface area contributed by atoms with Gasteiger partial charge in [0.1, 0.15) is 5.82 Å². The zero-order valence-corrected chi connectivity index (χ0v) is 9.77. The summed E-state index contributed by atoms with van der Waals surface area (Å²) in [5, 5.41) is 0.427. The summed E-state index contributed by atoms with van der Waals surface area (Å²) in [6, 6.07) is 6.44. The summed E-state index contributed by atoms with van der Waals surface area (Å²) in [4.78, 5) is 16.2. The van der Waals surface area contributed by atoms with E-state index in [1.165, 1.54) is 24.3 Å². The predicted molar refractivity (Wildman–Crippen MR) is 62.2 cm³/mol. The molecule has 0 aliphatic carbocycles. The van der Waals surface area contributed by atoms with Crippen LogP contribution in [0, 0.1) is 12.7 Å². The van der Waals surface area contributed by atoms with E-state index in [9.17, 15) is 9.18 Å². The van der Waals surface area contributed by atoms with Gasteiger partial charge in [0.2, 0.25) is 0 Å². The minimum atomic E-state index is -0.314.